The summed E-state index contributed by atoms with van der Waals surface area (Å²) in [5.41, 5.74) is 1.82. The summed E-state index contributed by atoms with van der Waals surface area (Å²) in [4.78, 5) is 15.2. The molecule has 2 aromatic rings. The van der Waals surface area contributed by atoms with E-state index in [9.17, 15) is 9.90 Å². The predicted molar refractivity (Wildman–Crippen MR) is 132 cm³/mol. The Bertz CT molecular complexity index is 1020. The van der Waals surface area contributed by atoms with Crippen LogP contribution in [0.4, 0.5) is 0 Å². The van der Waals surface area contributed by atoms with Gasteiger partial charge in [-0.3, -0.25) is 4.79 Å². The average Bonchev–Trinajstić information content (AvgIpc) is 2.83. The number of piperidine rings is 1. The van der Waals surface area contributed by atoms with Gasteiger partial charge >= 0.3 is 0 Å². The highest BCUT2D eigenvalue weighted by Crippen LogP contribution is 2.46. The quantitative estimate of drug-likeness (QED) is 0.655. The van der Waals surface area contributed by atoms with Crippen LogP contribution in [0.2, 0.25) is 0 Å². The summed E-state index contributed by atoms with van der Waals surface area (Å²) in [6.07, 6.45) is 2.45. The summed E-state index contributed by atoms with van der Waals surface area (Å²) in [7, 11) is 1.60. The normalized spacial score (nSPS) is 19.6. The summed E-state index contributed by atoms with van der Waals surface area (Å²) in [6.45, 7) is 9.28. The number of fused-ring (bicyclic) bond motifs is 1. The molecule has 6 nitrogen and oxygen atoms in total. The molecular weight excluding hydrogens is 430 g/mol. The molecule has 1 fully saturated rings. The highest BCUT2D eigenvalue weighted by molar-refractivity contribution is 5.95. The maximum Gasteiger partial charge on any atom is 0.253 e. The first-order chi connectivity index (χ1) is 16.2. The van der Waals surface area contributed by atoms with Crippen molar-refractivity contribution in [1.82, 2.24) is 4.90 Å². The Morgan fingerprint density at radius 1 is 1.21 bits per heavy atom. The Labute approximate surface area is 202 Å². The van der Waals surface area contributed by atoms with Crippen molar-refractivity contribution in [3.8, 4) is 11.5 Å². The number of para-hydroxylation sites is 1. The number of carbonyl (C=O) groups is 1. The Morgan fingerprint density at radius 3 is 2.56 bits per heavy atom. The van der Waals surface area contributed by atoms with Gasteiger partial charge in [0.2, 0.25) is 0 Å². The van der Waals surface area contributed by atoms with Gasteiger partial charge in [-0.2, -0.15) is 0 Å². The molecule has 2 aromatic carbocycles. The van der Waals surface area contributed by atoms with Crippen molar-refractivity contribution in [2.45, 2.75) is 70.2 Å². The Hall–Kier alpha value is -2.57. The zero-order valence-electron chi connectivity index (χ0n) is 21.0. The number of amides is 1. The van der Waals surface area contributed by atoms with Crippen LogP contribution < -0.4 is 9.47 Å². The van der Waals surface area contributed by atoms with Gasteiger partial charge in [0.15, 0.2) is 0 Å². The molecule has 0 radical (unpaired) electrons. The second-order valence-electron chi connectivity index (χ2n) is 10.4. The molecule has 1 spiro atoms. The van der Waals surface area contributed by atoms with E-state index in [1.165, 1.54) is 0 Å². The highest BCUT2D eigenvalue weighted by atomic mass is 16.5. The number of nitrogens with zero attached hydrogens (tertiary/aromatic N) is 1. The number of methoxy groups -OCH3 is 1. The van der Waals surface area contributed by atoms with E-state index in [2.05, 4.69) is 19.9 Å². The molecule has 0 saturated carbocycles. The Morgan fingerprint density at radius 2 is 1.91 bits per heavy atom. The van der Waals surface area contributed by atoms with Crippen LogP contribution in [0.25, 0.3) is 0 Å². The molecule has 34 heavy (non-hydrogen) atoms. The van der Waals surface area contributed by atoms with Gasteiger partial charge in [-0.1, -0.05) is 38.1 Å². The third-order valence-corrected chi connectivity index (χ3v) is 7.12. The van der Waals surface area contributed by atoms with Gasteiger partial charge in [0.25, 0.3) is 5.91 Å². The van der Waals surface area contributed by atoms with E-state index in [1.807, 2.05) is 49.1 Å². The smallest absolute Gasteiger partial charge is 0.253 e. The molecule has 1 amide bonds. The van der Waals surface area contributed by atoms with Crippen LogP contribution in [-0.4, -0.2) is 54.4 Å². The number of likely N-dealkylation sites (tertiary alicyclic amines) is 1. The monoisotopic (exact) mass is 467 g/mol. The van der Waals surface area contributed by atoms with E-state index >= 15 is 0 Å². The van der Waals surface area contributed by atoms with Crippen molar-refractivity contribution < 1.29 is 24.1 Å². The minimum absolute atomic E-state index is 0.00103. The van der Waals surface area contributed by atoms with Crippen molar-refractivity contribution in [2.24, 2.45) is 0 Å². The number of aliphatic hydroxyl groups is 1. The van der Waals surface area contributed by atoms with Gasteiger partial charge in [0, 0.05) is 54.5 Å². The zero-order valence-corrected chi connectivity index (χ0v) is 21.0. The van der Waals surface area contributed by atoms with Crippen LogP contribution in [0.1, 0.15) is 74.5 Å². The van der Waals surface area contributed by atoms with Crippen molar-refractivity contribution in [3.63, 3.8) is 0 Å². The molecular formula is C28H37NO5. The van der Waals surface area contributed by atoms with Crippen molar-refractivity contribution in [2.75, 3.05) is 26.8 Å². The lowest BCUT2D eigenvalue weighted by atomic mass is 9.81. The summed E-state index contributed by atoms with van der Waals surface area (Å²) >= 11 is 0. The minimum Gasteiger partial charge on any atom is -0.496 e. The topological polar surface area (TPSA) is 68.2 Å². The second kappa shape index (κ2) is 9.59. The molecule has 1 saturated heterocycles. The molecule has 2 aliphatic heterocycles. The summed E-state index contributed by atoms with van der Waals surface area (Å²) in [5, 5.41) is 9.75. The molecule has 0 bridgehead atoms. The Balaban J connectivity index is 1.49. The molecule has 0 aromatic heterocycles. The number of ether oxygens (including phenoxy) is 3. The standard InChI is InChI=1S/C28H37NO5/c1-19(2)33-25-17-28(34-23-9-7-6-8-21(23)25)12-14-29(15-13-28)26(31)20-10-11-22(24(16-20)32-5)27(3,4)18-30/h6-11,16,19,25,30H,12-15,17-18H2,1-5H3/t25-/m0/s1. The molecule has 4 rings (SSSR count). The number of hydrogen-bond acceptors (Lipinski definition) is 5. The number of benzene rings is 2. The summed E-state index contributed by atoms with van der Waals surface area (Å²) in [5.74, 6) is 1.51. The van der Waals surface area contributed by atoms with Gasteiger partial charge in [-0.25, -0.2) is 0 Å². The maximum absolute atomic E-state index is 13.3. The molecule has 6 heteroatoms. The van der Waals surface area contributed by atoms with E-state index in [0.717, 1.165) is 36.1 Å². The van der Waals surface area contributed by atoms with Crippen LogP contribution in [-0.2, 0) is 10.2 Å². The zero-order chi connectivity index (χ0) is 24.5. The Kier molecular flexibility index (Phi) is 6.92. The molecule has 2 aliphatic rings. The summed E-state index contributed by atoms with van der Waals surface area (Å²) < 4.78 is 18.4. The van der Waals surface area contributed by atoms with Crippen LogP contribution >= 0.6 is 0 Å². The molecule has 2 heterocycles. The number of hydrogen-bond donors (Lipinski definition) is 1. The van der Waals surface area contributed by atoms with Crippen molar-refractivity contribution in [1.29, 1.82) is 0 Å². The molecule has 0 unspecified atom stereocenters. The average molecular weight is 468 g/mol. The maximum atomic E-state index is 13.3. The fraction of sp³-hybridized carbons (Fsp3) is 0.536. The fourth-order valence-corrected chi connectivity index (χ4v) is 5.09. The number of rotatable bonds is 6. The van der Waals surface area contributed by atoms with Crippen molar-refractivity contribution >= 4 is 5.91 Å². The van der Waals surface area contributed by atoms with Crippen LogP contribution in [0.15, 0.2) is 42.5 Å². The second-order valence-corrected chi connectivity index (χ2v) is 10.4. The number of aliphatic hydroxyl groups excluding tert-OH is 1. The minimum atomic E-state index is -0.451. The molecule has 1 atom stereocenters. The molecule has 0 aliphatic carbocycles. The van der Waals surface area contributed by atoms with Crippen LogP contribution in [0.3, 0.4) is 0 Å². The SMILES string of the molecule is COc1cc(C(=O)N2CCC3(CC2)C[C@H](OC(C)C)c2ccccc2O3)ccc1C(C)(C)CO. The van der Waals surface area contributed by atoms with E-state index in [0.29, 0.717) is 24.4 Å². The van der Waals surface area contributed by atoms with Gasteiger partial charge in [-0.05, 0) is 32.0 Å². The lowest BCUT2D eigenvalue weighted by Gasteiger charge is -2.47. The molecule has 1 N–H and O–H groups in total. The first-order valence-electron chi connectivity index (χ1n) is 12.2. The third-order valence-electron chi connectivity index (χ3n) is 7.12. The van der Waals surface area contributed by atoms with E-state index in [1.54, 1.807) is 13.2 Å². The predicted octanol–water partition coefficient (Wildman–Crippen LogP) is 4.89. The van der Waals surface area contributed by atoms with Gasteiger partial charge in [0.05, 0.1) is 25.9 Å². The van der Waals surface area contributed by atoms with Gasteiger partial charge in [-0.15, -0.1) is 0 Å². The largest absolute Gasteiger partial charge is 0.496 e. The first-order valence-corrected chi connectivity index (χ1v) is 12.2. The fourth-order valence-electron chi connectivity index (χ4n) is 5.09. The lowest BCUT2D eigenvalue weighted by molar-refractivity contribution is -0.0872. The van der Waals surface area contributed by atoms with Crippen LogP contribution in [0, 0.1) is 0 Å². The van der Waals surface area contributed by atoms with E-state index in [4.69, 9.17) is 14.2 Å². The van der Waals surface area contributed by atoms with Gasteiger partial charge in [0.1, 0.15) is 17.1 Å². The number of carbonyl (C=O) groups excluding carboxylic acids is 1. The lowest BCUT2D eigenvalue weighted by Crippen LogP contribution is -2.52. The van der Waals surface area contributed by atoms with Gasteiger partial charge < -0.3 is 24.2 Å². The van der Waals surface area contributed by atoms with E-state index in [-0.39, 0.29) is 30.3 Å². The van der Waals surface area contributed by atoms with Crippen molar-refractivity contribution in [3.05, 3.63) is 59.2 Å². The molecule has 184 valence electrons. The van der Waals surface area contributed by atoms with Crippen LogP contribution in [0.5, 0.6) is 11.5 Å². The van der Waals surface area contributed by atoms with E-state index < -0.39 is 5.41 Å². The third kappa shape index (κ3) is 4.80. The summed E-state index contributed by atoms with van der Waals surface area (Å²) in [6, 6.07) is 13.6. The first kappa shape index (κ1) is 24.6. The highest BCUT2D eigenvalue weighted by Gasteiger charge is 2.44.